The minimum atomic E-state index is -1.24. The fraction of sp³-hybridized carbons (Fsp3) is 0.429. The predicted octanol–water partition coefficient (Wildman–Crippen LogP) is 4.04. The van der Waals surface area contributed by atoms with Crippen molar-refractivity contribution in [1.82, 2.24) is 0 Å². The van der Waals surface area contributed by atoms with Crippen molar-refractivity contribution in [3.63, 3.8) is 0 Å². The molecule has 0 spiro atoms. The fourth-order valence-corrected chi connectivity index (χ4v) is 1.73. The van der Waals surface area contributed by atoms with Crippen LogP contribution in [0.25, 0.3) is 0 Å². The molecule has 0 aromatic heterocycles. The van der Waals surface area contributed by atoms with Crippen molar-refractivity contribution in [3.8, 4) is 11.5 Å². The Balaban J connectivity index is 2.85. The minimum absolute atomic E-state index is 0.601. The maximum atomic E-state index is 3.38. The highest BCUT2D eigenvalue weighted by Crippen LogP contribution is 2.14. The smallest absolute Gasteiger partial charge is 0.127 e. The van der Waals surface area contributed by atoms with Crippen LogP contribution in [0.3, 0.4) is 0 Å². The lowest BCUT2D eigenvalue weighted by Gasteiger charge is -2.05. The van der Waals surface area contributed by atoms with E-state index in [1.165, 1.54) is 5.56 Å². The quantitative estimate of drug-likeness (QED) is 0.491. The van der Waals surface area contributed by atoms with Crippen LogP contribution in [0.4, 0.5) is 0 Å². The van der Waals surface area contributed by atoms with E-state index in [4.69, 9.17) is 0 Å². The Hall–Kier alpha value is -1.00. The molecule has 1 heteroatoms. The number of hydrogen-bond donors (Lipinski definition) is 0. The summed E-state index contributed by atoms with van der Waals surface area (Å²) in [6.07, 6.45) is 0. The molecule has 80 valence electrons. The van der Waals surface area contributed by atoms with Crippen LogP contribution in [-0.4, -0.2) is 8.07 Å². The van der Waals surface area contributed by atoms with Gasteiger partial charge in [0.05, 0.1) is 0 Å². The molecule has 0 atom stereocenters. The van der Waals surface area contributed by atoms with E-state index in [0.717, 1.165) is 5.56 Å². The minimum Gasteiger partial charge on any atom is -0.127 e. The first-order valence-corrected chi connectivity index (χ1v) is 9.01. The summed E-state index contributed by atoms with van der Waals surface area (Å²) in [4.78, 5) is 0. The van der Waals surface area contributed by atoms with Gasteiger partial charge in [-0.2, -0.15) is 0 Å². The van der Waals surface area contributed by atoms with Crippen LogP contribution >= 0.6 is 0 Å². The average molecular weight is 216 g/mol. The standard InChI is InChI=1S/C14H20Si/c1-12(2)14-8-6-13(7-9-14)10-11-15(3,4)5/h6-9,12H,1-5H3. The molecule has 0 N–H and O–H groups in total. The third-order valence-corrected chi connectivity index (χ3v) is 3.03. The van der Waals surface area contributed by atoms with Crippen molar-refractivity contribution in [1.29, 1.82) is 0 Å². The van der Waals surface area contributed by atoms with Crippen LogP contribution in [-0.2, 0) is 0 Å². The van der Waals surface area contributed by atoms with Gasteiger partial charge in [-0.3, -0.25) is 0 Å². The summed E-state index contributed by atoms with van der Waals surface area (Å²) >= 11 is 0. The van der Waals surface area contributed by atoms with Gasteiger partial charge in [0.15, 0.2) is 0 Å². The van der Waals surface area contributed by atoms with Gasteiger partial charge in [0.1, 0.15) is 8.07 Å². The zero-order valence-corrected chi connectivity index (χ0v) is 11.4. The van der Waals surface area contributed by atoms with Gasteiger partial charge in [-0.25, -0.2) is 0 Å². The van der Waals surface area contributed by atoms with E-state index in [0.29, 0.717) is 5.92 Å². The van der Waals surface area contributed by atoms with Crippen LogP contribution in [0, 0.1) is 11.5 Å². The lowest BCUT2D eigenvalue weighted by molar-refractivity contribution is 0.866. The molecule has 15 heavy (non-hydrogen) atoms. The summed E-state index contributed by atoms with van der Waals surface area (Å²) in [7, 11) is -1.24. The molecule has 1 aromatic rings. The molecule has 0 saturated heterocycles. The molecular formula is C14H20Si. The SMILES string of the molecule is CC(C)c1ccc(C#C[Si](C)(C)C)cc1. The molecule has 0 nitrogen and oxygen atoms in total. The highest BCUT2D eigenvalue weighted by Gasteiger charge is 2.07. The fourth-order valence-electron chi connectivity index (χ4n) is 1.21. The normalized spacial score (nSPS) is 11.1. The molecule has 0 amide bonds. The molecule has 1 aromatic carbocycles. The summed E-state index contributed by atoms with van der Waals surface area (Å²) in [6.45, 7) is 11.2. The predicted molar refractivity (Wildman–Crippen MR) is 70.8 cm³/mol. The van der Waals surface area contributed by atoms with Crippen molar-refractivity contribution < 1.29 is 0 Å². The molecule has 0 saturated carbocycles. The largest absolute Gasteiger partial charge is 0.129 e. The number of benzene rings is 1. The van der Waals surface area contributed by atoms with Gasteiger partial charge in [0, 0.05) is 5.56 Å². The molecule has 0 aliphatic heterocycles. The van der Waals surface area contributed by atoms with E-state index in [9.17, 15) is 0 Å². The van der Waals surface area contributed by atoms with Crippen molar-refractivity contribution in [2.45, 2.75) is 39.4 Å². The van der Waals surface area contributed by atoms with E-state index in [2.05, 4.69) is 69.2 Å². The molecule has 1 rings (SSSR count). The monoisotopic (exact) mass is 216 g/mol. The molecule has 0 radical (unpaired) electrons. The first-order chi connectivity index (χ1) is 6.88. The zero-order valence-electron chi connectivity index (χ0n) is 10.4. The Morgan fingerprint density at radius 3 is 1.93 bits per heavy atom. The molecule has 0 aliphatic rings. The molecule has 0 unspecified atom stereocenters. The Kier molecular flexibility index (Phi) is 3.76. The van der Waals surface area contributed by atoms with Gasteiger partial charge in [-0.1, -0.05) is 51.5 Å². The third-order valence-electron chi connectivity index (χ3n) is 2.16. The van der Waals surface area contributed by atoms with Crippen molar-refractivity contribution >= 4 is 8.07 Å². The van der Waals surface area contributed by atoms with Crippen molar-refractivity contribution in [3.05, 3.63) is 35.4 Å². The van der Waals surface area contributed by atoms with Gasteiger partial charge in [-0.05, 0) is 23.6 Å². The van der Waals surface area contributed by atoms with Crippen LogP contribution in [0.5, 0.6) is 0 Å². The summed E-state index contributed by atoms with van der Waals surface area (Å²) in [5.41, 5.74) is 5.90. The van der Waals surface area contributed by atoms with E-state index < -0.39 is 8.07 Å². The summed E-state index contributed by atoms with van der Waals surface area (Å²) in [5.74, 6) is 3.86. The second-order valence-corrected chi connectivity index (χ2v) is 10.0. The highest BCUT2D eigenvalue weighted by atomic mass is 28.3. The van der Waals surface area contributed by atoms with Crippen LogP contribution in [0.15, 0.2) is 24.3 Å². The van der Waals surface area contributed by atoms with Gasteiger partial charge < -0.3 is 0 Å². The molecule has 0 aliphatic carbocycles. The first-order valence-electron chi connectivity index (χ1n) is 5.51. The Morgan fingerprint density at radius 1 is 1.00 bits per heavy atom. The molecule has 0 fully saturated rings. The van der Waals surface area contributed by atoms with Gasteiger partial charge in [-0.15, -0.1) is 5.54 Å². The van der Waals surface area contributed by atoms with E-state index in [-0.39, 0.29) is 0 Å². The highest BCUT2D eigenvalue weighted by molar-refractivity contribution is 6.83. The summed E-state index contributed by atoms with van der Waals surface area (Å²) < 4.78 is 0. The Morgan fingerprint density at radius 2 is 1.53 bits per heavy atom. The van der Waals surface area contributed by atoms with Crippen LogP contribution in [0.1, 0.15) is 30.9 Å². The second-order valence-electron chi connectivity index (χ2n) is 5.28. The van der Waals surface area contributed by atoms with Crippen molar-refractivity contribution in [2.75, 3.05) is 0 Å². The number of rotatable bonds is 1. The topological polar surface area (TPSA) is 0 Å². The second kappa shape index (κ2) is 4.68. The van der Waals surface area contributed by atoms with Crippen molar-refractivity contribution in [2.24, 2.45) is 0 Å². The van der Waals surface area contributed by atoms with E-state index in [1.54, 1.807) is 0 Å². The van der Waals surface area contributed by atoms with Crippen LogP contribution < -0.4 is 0 Å². The summed E-state index contributed by atoms with van der Waals surface area (Å²) in [5, 5.41) is 0. The average Bonchev–Trinajstić information content (AvgIpc) is 2.14. The third kappa shape index (κ3) is 4.36. The lowest BCUT2D eigenvalue weighted by Crippen LogP contribution is -2.16. The molecular weight excluding hydrogens is 196 g/mol. The van der Waals surface area contributed by atoms with Gasteiger partial charge in [0.2, 0.25) is 0 Å². The van der Waals surface area contributed by atoms with Crippen LogP contribution in [0.2, 0.25) is 19.6 Å². The maximum Gasteiger partial charge on any atom is 0.129 e. The first kappa shape index (κ1) is 12.1. The number of hydrogen-bond acceptors (Lipinski definition) is 0. The summed E-state index contributed by atoms with van der Waals surface area (Å²) in [6, 6.07) is 8.61. The van der Waals surface area contributed by atoms with Gasteiger partial charge in [0.25, 0.3) is 0 Å². The van der Waals surface area contributed by atoms with E-state index in [1.807, 2.05) is 0 Å². The Bertz CT molecular complexity index is 369. The zero-order chi connectivity index (χ0) is 11.5. The molecule has 0 bridgehead atoms. The maximum absolute atomic E-state index is 3.38. The van der Waals surface area contributed by atoms with E-state index >= 15 is 0 Å². The molecule has 0 heterocycles. The van der Waals surface area contributed by atoms with Gasteiger partial charge >= 0.3 is 0 Å². The lowest BCUT2D eigenvalue weighted by atomic mass is 10.0. The Labute approximate surface area is 94.7 Å².